The number of anilines is 2. The van der Waals surface area contributed by atoms with Crippen molar-refractivity contribution in [2.75, 3.05) is 49.1 Å². The van der Waals surface area contributed by atoms with Crippen LogP contribution in [0.15, 0.2) is 41.5 Å². The van der Waals surface area contributed by atoms with E-state index in [1.807, 2.05) is 37.9 Å². The van der Waals surface area contributed by atoms with E-state index in [-0.39, 0.29) is 17.8 Å². The first-order chi connectivity index (χ1) is 17.1. The number of benzene rings is 1. The number of amides is 1. The number of aromatic nitrogens is 1. The topological polar surface area (TPSA) is 123 Å². The Morgan fingerprint density at radius 3 is 2.44 bits per heavy atom. The third-order valence-electron chi connectivity index (χ3n) is 6.16. The summed E-state index contributed by atoms with van der Waals surface area (Å²) in [5.74, 6) is -0.172. The second-order valence-electron chi connectivity index (χ2n) is 9.99. The molecule has 0 saturated carbocycles. The average molecular weight is 500 g/mol. The van der Waals surface area contributed by atoms with Crippen molar-refractivity contribution in [1.29, 1.82) is 0 Å². The lowest BCUT2D eigenvalue weighted by Crippen LogP contribution is -2.63. The number of nitrogens with two attached hydrogens (primary N) is 2. The summed E-state index contributed by atoms with van der Waals surface area (Å²) in [5.41, 5.74) is 11.9. The summed E-state index contributed by atoms with van der Waals surface area (Å²) in [7, 11) is 0. The third kappa shape index (κ3) is 6.34. The van der Waals surface area contributed by atoms with Crippen molar-refractivity contribution in [2.24, 2.45) is 16.5 Å². The van der Waals surface area contributed by atoms with Crippen molar-refractivity contribution in [3.8, 4) is 5.88 Å². The van der Waals surface area contributed by atoms with E-state index in [1.165, 1.54) is 0 Å². The quantitative estimate of drug-likeness (QED) is 0.455. The van der Waals surface area contributed by atoms with Gasteiger partial charge in [0.15, 0.2) is 11.8 Å². The molecule has 36 heavy (non-hydrogen) atoms. The Hall–Kier alpha value is -3.60. The minimum Gasteiger partial charge on any atom is -0.472 e. The first-order valence-corrected chi connectivity index (χ1v) is 12.0. The van der Waals surface area contributed by atoms with Crippen LogP contribution in [0.25, 0.3) is 0 Å². The first kappa shape index (κ1) is 25.5. The Morgan fingerprint density at radius 2 is 1.83 bits per heavy atom. The van der Waals surface area contributed by atoms with Gasteiger partial charge in [-0.3, -0.25) is 4.90 Å². The van der Waals surface area contributed by atoms with Crippen LogP contribution >= 0.6 is 0 Å². The molecule has 2 aromatic rings. The normalized spacial score (nSPS) is 16.9. The van der Waals surface area contributed by atoms with Crippen molar-refractivity contribution in [1.82, 2.24) is 9.88 Å². The summed E-state index contributed by atoms with van der Waals surface area (Å²) in [6.07, 6.45) is 0.916. The molecule has 10 nitrogen and oxygen atoms in total. The van der Waals surface area contributed by atoms with E-state index in [1.54, 1.807) is 18.2 Å². The fourth-order valence-corrected chi connectivity index (χ4v) is 4.36. The van der Waals surface area contributed by atoms with Crippen LogP contribution < -0.4 is 26.0 Å². The SMILES string of the molecule is CC(C)(C)Oc1ccc(N2CCN(C3CN(c4cccc(COC(=O)N=C(N)N)c4F)C3)CC2)cn1. The maximum atomic E-state index is 15.0. The molecule has 4 rings (SSSR count). The second kappa shape index (κ2) is 10.6. The van der Waals surface area contributed by atoms with Gasteiger partial charge < -0.3 is 30.7 Å². The molecule has 0 spiro atoms. The highest BCUT2D eigenvalue weighted by atomic mass is 19.1. The minimum absolute atomic E-state index is 0.243. The van der Waals surface area contributed by atoms with E-state index >= 15 is 4.39 Å². The first-order valence-electron chi connectivity index (χ1n) is 12.0. The van der Waals surface area contributed by atoms with Crippen molar-refractivity contribution >= 4 is 23.4 Å². The maximum Gasteiger partial charge on any atom is 0.437 e. The van der Waals surface area contributed by atoms with Gasteiger partial charge >= 0.3 is 6.09 Å². The van der Waals surface area contributed by atoms with Gasteiger partial charge in [0.05, 0.1) is 17.6 Å². The van der Waals surface area contributed by atoms with Gasteiger partial charge in [0.1, 0.15) is 12.2 Å². The Balaban J connectivity index is 1.26. The Labute approximate surface area is 210 Å². The zero-order valence-corrected chi connectivity index (χ0v) is 21.0. The van der Waals surface area contributed by atoms with Crippen molar-refractivity contribution in [3.05, 3.63) is 47.9 Å². The summed E-state index contributed by atoms with van der Waals surface area (Å²) in [6.45, 7) is 10.9. The molecule has 1 aromatic carbocycles. The van der Waals surface area contributed by atoms with E-state index in [9.17, 15) is 4.79 Å². The summed E-state index contributed by atoms with van der Waals surface area (Å²) >= 11 is 0. The van der Waals surface area contributed by atoms with Gasteiger partial charge in [-0.1, -0.05) is 12.1 Å². The monoisotopic (exact) mass is 499 g/mol. The van der Waals surface area contributed by atoms with Gasteiger partial charge in [-0.05, 0) is 32.9 Å². The van der Waals surface area contributed by atoms with Crippen LogP contribution in [-0.2, 0) is 11.3 Å². The number of piperazine rings is 1. The number of carbonyl (C=O) groups is 1. The van der Waals surface area contributed by atoms with Gasteiger partial charge in [0.25, 0.3) is 0 Å². The van der Waals surface area contributed by atoms with E-state index < -0.39 is 17.9 Å². The molecule has 194 valence electrons. The van der Waals surface area contributed by atoms with Gasteiger partial charge in [0, 0.05) is 56.9 Å². The molecule has 2 aliphatic heterocycles. The number of aliphatic imine (C=N–C) groups is 1. The standard InChI is InChI=1S/C25H34FN7O3/c1-25(2,3)36-21-8-7-18(13-29-21)31-9-11-32(12-10-31)19-14-33(15-19)20-6-4-5-17(22(20)26)16-35-24(34)30-23(27)28/h4-8,13,19H,9-12,14-16H2,1-3H3,(H4,27,28,30,34). The lowest BCUT2D eigenvalue weighted by Gasteiger charge is -2.49. The largest absolute Gasteiger partial charge is 0.472 e. The minimum atomic E-state index is -0.951. The average Bonchev–Trinajstić information content (AvgIpc) is 2.78. The zero-order chi connectivity index (χ0) is 25.9. The lowest BCUT2D eigenvalue weighted by atomic mass is 10.0. The molecule has 0 aliphatic carbocycles. The number of guanidine groups is 1. The van der Waals surface area contributed by atoms with Gasteiger partial charge in [-0.25, -0.2) is 14.2 Å². The number of rotatable bonds is 6. The lowest BCUT2D eigenvalue weighted by molar-refractivity contribution is 0.124. The molecule has 1 amide bonds. The van der Waals surface area contributed by atoms with E-state index in [0.29, 0.717) is 17.6 Å². The maximum absolute atomic E-state index is 15.0. The molecule has 4 N–H and O–H groups in total. The number of carbonyl (C=O) groups excluding carboxylic acids is 1. The highest BCUT2D eigenvalue weighted by Crippen LogP contribution is 2.30. The Bertz CT molecular complexity index is 1090. The van der Waals surface area contributed by atoms with Gasteiger partial charge in [-0.2, -0.15) is 0 Å². The summed E-state index contributed by atoms with van der Waals surface area (Å²) in [6, 6.07) is 9.41. The molecule has 1 aromatic heterocycles. The van der Waals surface area contributed by atoms with Crippen molar-refractivity contribution < 1.29 is 18.7 Å². The molecule has 0 radical (unpaired) electrons. The van der Waals surface area contributed by atoms with Crippen molar-refractivity contribution in [3.63, 3.8) is 0 Å². The van der Waals surface area contributed by atoms with Crippen LogP contribution in [0.5, 0.6) is 5.88 Å². The van der Waals surface area contributed by atoms with Crippen LogP contribution in [0.3, 0.4) is 0 Å². The van der Waals surface area contributed by atoms with Crippen LogP contribution in [0, 0.1) is 5.82 Å². The number of hydrogen-bond donors (Lipinski definition) is 2. The Morgan fingerprint density at radius 1 is 1.11 bits per heavy atom. The molecule has 2 fully saturated rings. The summed E-state index contributed by atoms with van der Waals surface area (Å²) < 4.78 is 25.8. The fraction of sp³-hybridized carbons (Fsp3) is 0.480. The highest BCUT2D eigenvalue weighted by molar-refractivity contribution is 5.87. The van der Waals surface area contributed by atoms with Crippen LogP contribution in [0.1, 0.15) is 26.3 Å². The molecule has 0 atom stereocenters. The number of halogens is 1. The van der Waals surface area contributed by atoms with Gasteiger partial charge in [0.2, 0.25) is 5.88 Å². The smallest absolute Gasteiger partial charge is 0.437 e. The summed E-state index contributed by atoms with van der Waals surface area (Å²) in [5, 5.41) is 0. The number of ether oxygens (including phenoxy) is 2. The van der Waals surface area contributed by atoms with Crippen LogP contribution in [0.4, 0.5) is 20.6 Å². The molecule has 2 saturated heterocycles. The van der Waals surface area contributed by atoms with E-state index in [2.05, 4.69) is 25.8 Å². The van der Waals surface area contributed by atoms with E-state index in [0.717, 1.165) is 45.0 Å². The molecule has 2 aliphatic rings. The van der Waals surface area contributed by atoms with E-state index in [4.69, 9.17) is 20.9 Å². The van der Waals surface area contributed by atoms with Crippen LogP contribution in [-0.4, -0.2) is 72.8 Å². The second-order valence-corrected chi connectivity index (χ2v) is 9.99. The predicted octanol–water partition coefficient (Wildman–Crippen LogP) is 2.32. The fourth-order valence-electron chi connectivity index (χ4n) is 4.36. The van der Waals surface area contributed by atoms with Crippen molar-refractivity contribution in [2.45, 2.75) is 39.0 Å². The zero-order valence-electron chi connectivity index (χ0n) is 21.0. The Kier molecular flexibility index (Phi) is 7.48. The third-order valence-corrected chi connectivity index (χ3v) is 6.16. The number of nitrogens with zero attached hydrogens (tertiary/aromatic N) is 5. The number of hydrogen-bond acceptors (Lipinski definition) is 7. The predicted molar refractivity (Wildman–Crippen MR) is 137 cm³/mol. The molecule has 0 bridgehead atoms. The molecule has 11 heteroatoms. The number of pyridine rings is 1. The van der Waals surface area contributed by atoms with Gasteiger partial charge in [-0.15, -0.1) is 4.99 Å². The highest BCUT2D eigenvalue weighted by Gasteiger charge is 2.35. The molecular weight excluding hydrogens is 465 g/mol. The molecule has 0 unspecified atom stereocenters. The summed E-state index contributed by atoms with van der Waals surface area (Å²) in [4.78, 5) is 26.0. The van der Waals surface area contributed by atoms with Crippen LogP contribution in [0.2, 0.25) is 0 Å². The molecular formula is C25H34FN7O3. The molecule has 3 heterocycles.